The summed E-state index contributed by atoms with van der Waals surface area (Å²) in [5, 5.41) is 4.43. The maximum Gasteiger partial charge on any atom is 0.174 e. The van der Waals surface area contributed by atoms with E-state index < -0.39 is 0 Å². The van der Waals surface area contributed by atoms with Gasteiger partial charge in [0.15, 0.2) is 5.78 Å². The Balaban J connectivity index is 2.58. The van der Waals surface area contributed by atoms with Crippen LogP contribution in [0.25, 0.3) is 0 Å². The molecule has 0 aliphatic carbocycles. The summed E-state index contributed by atoms with van der Waals surface area (Å²) in [5.74, 6) is 0.121. The van der Waals surface area contributed by atoms with Crippen molar-refractivity contribution in [2.24, 2.45) is 0 Å². The van der Waals surface area contributed by atoms with Crippen molar-refractivity contribution in [2.75, 3.05) is 37.6 Å². The number of carbonyl (C=O) groups is 1. The van der Waals surface area contributed by atoms with E-state index in [1.165, 1.54) is 11.3 Å². The third-order valence-corrected chi connectivity index (χ3v) is 5.15. The number of ether oxygens (including phenoxy) is 1. The number of ketones is 1. The van der Waals surface area contributed by atoms with Crippen LogP contribution < -0.4 is 11.1 Å². The second-order valence-corrected chi connectivity index (χ2v) is 6.30. The van der Waals surface area contributed by atoms with Gasteiger partial charge in [-0.15, -0.1) is 23.1 Å². The van der Waals surface area contributed by atoms with Crippen LogP contribution in [0, 0.1) is 0 Å². The van der Waals surface area contributed by atoms with Gasteiger partial charge < -0.3 is 15.8 Å². The van der Waals surface area contributed by atoms with Crippen LogP contribution in [-0.2, 0) is 4.74 Å². The number of nitrogens with one attached hydrogen (secondary N) is 1. The van der Waals surface area contributed by atoms with Gasteiger partial charge in [-0.25, -0.2) is 0 Å². The number of nitrogen functional groups attached to an aromatic ring is 1. The van der Waals surface area contributed by atoms with Gasteiger partial charge in [0, 0.05) is 26.7 Å². The monoisotopic (exact) mass is 316 g/mol. The van der Waals surface area contributed by atoms with Crippen LogP contribution in [-0.4, -0.2) is 32.3 Å². The van der Waals surface area contributed by atoms with Crippen molar-refractivity contribution in [1.29, 1.82) is 0 Å². The molecule has 3 N–H and O–H groups in total. The summed E-state index contributed by atoms with van der Waals surface area (Å²) in [5.41, 5.74) is 6.71. The van der Waals surface area contributed by atoms with E-state index in [1.807, 2.05) is 13.2 Å². The average Bonchev–Trinajstić information content (AvgIpc) is 2.78. The highest BCUT2D eigenvalue weighted by Crippen LogP contribution is 2.42. The van der Waals surface area contributed by atoms with Gasteiger partial charge in [0.05, 0.1) is 15.5 Å². The van der Waals surface area contributed by atoms with Crippen molar-refractivity contribution < 1.29 is 9.53 Å². The number of methoxy groups -OCH3 is 1. The van der Waals surface area contributed by atoms with Gasteiger partial charge in [-0.05, 0) is 25.5 Å². The van der Waals surface area contributed by atoms with Crippen molar-refractivity contribution in [1.82, 2.24) is 0 Å². The first-order valence-electron chi connectivity index (χ1n) is 6.87. The predicted octanol–water partition coefficient (Wildman–Crippen LogP) is 3.87. The third-order valence-electron chi connectivity index (χ3n) is 2.99. The van der Waals surface area contributed by atoms with E-state index in [9.17, 15) is 4.79 Å². The Morgan fingerprint density at radius 3 is 2.75 bits per heavy atom. The molecule has 4 nitrogen and oxygen atoms in total. The minimum atomic E-state index is 0.121. The number of unbranched alkanes of at least 4 members (excludes halogenated alkanes) is 2. The first kappa shape index (κ1) is 17.3. The fourth-order valence-electron chi connectivity index (χ4n) is 1.87. The molecule has 0 aliphatic rings. The lowest BCUT2D eigenvalue weighted by Crippen LogP contribution is -2.01. The molecule has 1 heterocycles. The van der Waals surface area contributed by atoms with E-state index in [-0.39, 0.29) is 5.78 Å². The largest absolute Gasteiger partial charge is 0.396 e. The molecule has 0 aliphatic heterocycles. The second kappa shape index (κ2) is 9.26. The molecule has 0 bridgehead atoms. The summed E-state index contributed by atoms with van der Waals surface area (Å²) < 4.78 is 5.03. The number of hydrogen-bond donors (Lipinski definition) is 2. The smallest absolute Gasteiger partial charge is 0.174 e. The predicted molar refractivity (Wildman–Crippen MR) is 89.4 cm³/mol. The molecule has 0 radical (unpaired) electrons. The molecular weight excluding hydrogens is 292 g/mol. The molecule has 1 aromatic rings. The molecule has 6 heteroatoms. The Morgan fingerprint density at radius 2 is 2.15 bits per heavy atom. The number of carbonyl (C=O) groups excluding carboxylic acids is 1. The minimum absolute atomic E-state index is 0.121. The summed E-state index contributed by atoms with van der Waals surface area (Å²) >= 11 is 3.07. The highest BCUT2D eigenvalue weighted by Gasteiger charge is 2.19. The van der Waals surface area contributed by atoms with E-state index >= 15 is 0 Å². The van der Waals surface area contributed by atoms with Gasteiger partial charge in [0.1, 0.15) is 5.00 Å². The number of Topliss-reactive ketones (excluding diaryl/α,β-unsaturated/α-hetero) is 1. The molecule has 0 saturated carbocycles. The number of anilines is 2. The Morgan fingerprint density at radius 1 is 1.40 bits per heavy atom. The van der Waals surface area contributed by atoms with Crippen LogP contribution in [0.3, 0.4) is 0 Å². The van der Waals surface area contributed by atoms with Crippen LogP contribution in [0.4, 0.5) is 10.7 Å². The highest BCUT2D eigenvalue weighted by atomic mass is 32.2. The Kier molecular flexibility index (Phi) is 8.02. The van der Waals surface area contributed by atoms with E-state index in [2.05, 4.69) is 5.32 Å². The normalized spacial score (nSPS) is 10.8. The van der Waals surface area contributed by atoms with Crippen molar-refractivity contribution in [2.45, 2.75) is 37.5 Å². The van der Waals surface area contributed by atoms with Gasteiger partial charge in [-0.1, -0.05) is 6.92 Å². The van der Waals surface area contributed by atoms with E-state index in [0.29, 0.717) is 17.0 Å². The average molecular weight is 316 g/mol. The number of nitrogens with two attached hydrogens (primary N) is 1. The molecule has 0 atom stereocenters. The van der Waals surface area contributed by atoms with Gasteiger partial charge in [0.2, 0.25) is 0 Å². The van der Waals surface area contributed by atoms with Crippen molar-refractivity contribution in [3.63, 3.8) is 0 Å². The van der Waals surface area contributed by atoms with Crippen molar-refractivity contribution in [3.05, 3.63) is 4.88 Å². The zero-order chi connectivity index (χ0) is 15.0. The number of thiophene rings is 1. The lowest BCUT2D eigenvalue weighted by molar-refractivity contribution is 0.0992. The third kappa shape index (κ3) is 4.68. The van der Waals surface area contributed by atoms with Crippen LogP contribution in [0.2, 0.25) is 0 Å². The lowest BCUT2D eigenvalue weighted by Gasteiger charge is -2.06. The number of hydrogen-bond acceptors (Lipinski definition) is 6. The zero-order valence-corrected chi connectivity index (χ0v) is 14.1. The number of rotatable bonds is 10. The minimum Gasteiger partial charge on any atom is -0.396 e. The standard InChI is InChI=1S/C14H24N2O2S2/c1-4-10(17)12-11(15)13(19-3)14(20-12)16-8-6-5-7-9-18-2/h16H,4-9,15H2,1-3H3. The molecular formula is C14H24N2O2S2. The van der Waals surface area contributed by atoms with E-state index in [4.69, 9.17) is 10.5 Å². The molecule has 114 valence electrons. The lowest BCUT2D eigenvalue weighted by atomic mass is 10.2. The maximum absolute atomic E-state index is 11.8. The van der Waals surface area contributed by atoms with Crippen molar-refractivity contribution in [3.8, 4) is 0 Å². The zero-order valence-electron chi connectivity index (χ0n) is 12.5. The van der Waals surface area contributed by atoms with Crippen LogP contribution in [0.1, 0.15) is 42.3 Å². The molecule has 0 aromatic carbocycles. The van der Waals surface area contributed by atoms with Crippen LogP contribution >= 0.6 is 23.1 Å². The Bertz CT molecular complexity index is 433. The molecule has 1 aromatic heterocycles. The molecule has 0 saturated heterocycles. The molecule has 0 fully saturated rings. The summed E-state index contributed by atoms with van der Waals surface area (Å²) in [6.07, 6.45) is 5.79. The molecule has 20 heavy (non-hydrogen) atoms. The first-order valence-corrected chi connectivity index (χ1v) is 8.92. The van der Waals surface area contributed by atoms with Gasteiger partial charge >= 0.3 is 0 Å². The molecule has 0 unspecified atom stereocenters. The fraction of sp³-hybridized carbons (Fsp3) is 0.643. The Labute approximate surface area is 129 Å². The van der Waals surface area contributed by atoms with Crippen LogP contribution in [0.5, 0.6) is 0 Å². The topological polar surface area (TPSA) is 64.3 Å². The summed E-state index contributed by atoms with van der Waals surface area (Å²) in [4.78, 5) is 13.5. The fourth-order valence-corrected chi connectivity index (χ4v) is 3.94. The summed E-state index contributed by atoms with van der Waals surface area (Å²) in [7, 11) is 1.73. The molecule has 0 amide bonds. The van der Waals surface area contributed by atoms with Crippen LogP contribution in [0.15, 0.2) is 4.90 Å². The summed E-state index contributed by atoms with van der Waals surface area (Å²) in [6.45, 7) is 3.58. The maximum atomic E-state index is 11.8. The van der Waals surface area contributed by atoms with E-state index in [1.54, 1.807) is 18.9 Å². The van der Waals surface area contributed by atoms with E-state index in [0.717, 1.165) is 42.3 Å². The first-order chi connectivity index (χ1) is 9.65. The van der Waals surface area contributed by atoms with Crippen molar-refractivity contribution >= 4 is 39.6 Å². The van der Waals surface area contributed by atoms with Gasteiger partial charge in [-0.2, -0.15) is 0 Å². The quantitative estimate of drug-likeness (QED) is 0.390. The SMILES string of the molecule is CCC(=O)c1sc(NCCCCCOC)c(SC)c1N. The molecule has 1 rings (SSSR count). The molecule has 0 spiro atoms. The highest BCUT2D eigenvalue weighted by molar-refractivity contribution is 7.99. The number of thioether (sulfide) groups is 1. The van der Waals surface area contributed by atoms with Gasteiger partial charge in [-0.3, -0.25) is 4.79 Å². The Hall–Kier alpha value is -0.720. The van der Waals surface area contributed by atoms with Gasteiger partial charge in [0.25, 0.3) is 0 Å². The second-order valence-electron chi connectivity index (χ2n) is 4.46. The summed E-state index contributed by atoms with van der Waals surface area (Å²) in [6, 6.07) is 0.